The number of thiazole rings is 1. The highest BCUT2D eigenvalue weighted by molar-refractivity contribution is 7.17. The second-order valence-corrected chi connectivity index (χ2v) is 5.08. The smallest absolute Gasteiger partial charge is 0.260 e. The van der Waals surface area contributed by atoms with Gasteiger partial charge in [-0.25, -0.2) is 4.98 Å². The van der Waals surface area contributed by atoms with Gasteiger partial charge in [0.1, 0.15) is 9.88 Å². The number of benzene rings is 1. The van der Waals surface area contributed by atoms with Gasteiger partial charge in [-0.3, -0.25) is 4.79 Å². The molecule has 0 unspecified atom stereocenters. The van der Waals surface area contributed by atoms with Crippen LogP contribution in [0.5, 0.6) is 0 Å². The standard InChI is InChI=1S/C12H11ClN2O2S/c13-8-3-1-7(2-4-8)12-15-9(5-6-16)10(18-12)11(14)17/h1-4,16H,5-6H2,(H2,14,17). The van der Waals surface area contributed by atoms with Crippen LogP contribution in [0.2, 0.25) is 5.02 Å². The second kappa shape index (κ2) is 5.48. The monoisotopic (exact) mass is 282 g/mol. The van der Waals surface area contributed by atoms with Crippen molar-refractivity contribution in [3.8, 4) is 10.6 Å². The van der Waals surface area contributed by atoms with Gasteiger partial charge in [0.25, 0.3) is 5.91 Å². The summed E-state index contributed by atoms with van der Waals surface area (Å²) in [6.45, 7) is -0.0654. The van der Waals surface area contributed by atoms with Crippen molar-refractivity contribution in [3.05, 3.63) is 39.9 Å². The van der Waals surface area contributed by atoms with Crippen LogP contribution in [-0.2, 0) is 6.42 Å². The summed E-state index contributed by atoms with van der Waals surface area (Å²) in [5.41, 5.74) is 6.70. The number of halogens is 1. The van der Waals surface area contributed by atoms with E-state index in [2.05, 4.69) is 4.98 Å². The van der Waals surface area contributed by atoms with Crippen molar-refractivity contribution in [3.63, 3.8) is 0 Å². The Morgan fingerprint density at radius 3 is 2.61 bits per heavy atom. The Kier molecular flexibility index (Phi) is 3.96. The first-order chi connectivity index (χ1) is 8.61. The average Bonchev–Trinajstić information content (AvgIpc) is 2.75. The third-order valence-corrected chi connectivity index (χ3v) is 3.77. The Bertz CT molecular complexity index is 566. The van der Waals surface area contributed by atoms with Gasteiger partial charge in [-0.1, -0.05) is 23.7 Å². The quantitative estimate of drug-likeness (QED) is 0.901. The lowest BCUT2D eigenvalue weighted by Crippen LogP contribution is -2.12. The molecule has 0 atom stereocenters. The van der Waals surface area contributed by atoms with Gasteiger partial charge in [-0.05, 0) is 12.1 Å². The Labute approximate surface area is 113 Å². The molecule has 0 aliphatic carbocycles. The van der Waals surface area contributed by atoms with Gasteiger partial charge in [0, 0.05) is 23.6 Å². The van der Waals surface area contributed by atoms with Crippen LogP contribution in [0.15, 0.2) is 24.3 Å². The van der Waals surface area contributed by atoms with Crippen LogP contribution in [0.4, 0.5) is 0 Å². The van der Waals surface area contributed by atoms with Gasteiger partial charge in [-0.2, -0.15) is 0 Å². The first kappa shape index (κ1) is 13.0. The van der Waals surface area contributed by atoms with Crippen molar-refractivity contribution in [1.29, 1.82) is 0 Å². The maximum Gasteiger partial charge on any atom is 0.260 e. The minimum Gasteiger partial charge on any atom is -0.396 e. The summed E-state index contributed by atoms with van der Waals surface area (Å²) in [5.74, 6) is -0.517. The van der Waals surface area contributed by atoms with Crippen molar-refractivity contribution in [2.24, 2.45) is 5.73 Å². The number of hydrogen-bond acceptors (Lipinski definition) is 4. The molecule has 1 aromatic carbocycles. The van der Waals surface area contributed by atoms with Crippen LogP contribution in [0.1, 0.15) is 15.4 Å². The molecular weight excluding hydrogens is 272 g/mol. The molecule has 1 aromatic heterocycles. The maximum absolute atomic E-state index is 11.3. The number of aliphatic hydroxyl groups is 1. The lowest BCUT2D eigenvalue weighted by molar-refractivity contribution is 0.100. The van der Waals surface area contributed by atoms with Crippen molar-refractivity contribution in [2.45, 2.75) is 6.42 Å². The van der Waals surface area contributed by atoms with E-state index in [1.165, 1.54) is 11.3 Å². The number of primary amides is 1. The molecule has 94 valence electrons. The summed E-state index contributed by atoms with van der Waals surface area (Å²) < 4.78 is 0. The van der Waals surface area contributed by atoms with Crippen molar-refractivity contribution < 1.29 is 9.90 Å². The van der Waals surface area contributed by atoms with E-state index in [4.69, 9.17) is 22.4 Å². The van der Waals surface area contributed by atoms with Crippen LogP contribution in [-0.4, -0.2) is 22.6 Å². The normalized spacial score (nSPS) is 10.6. The van der Waals surface area contributed by atoms with E-state index >= 15 is 0 Å². The van der Waals surface area contributed by atoms with Crippen molar-refractivity contribution in [1.82, 2.24) is 4.98 Å². The van der Waals surface area contributed by atoms with E-state index in [0.29, 0.717) is 27.0 Å². The number of rotatable bonds is 4. The van der Waals surface area contributed by atoms with Crippen LogP contribution < -0.4 is 5.73 Å². The molecule has 18 heavy (non-hydrogen) atoms. The number of carbonyl (C=O) groups is 1. The Balaban J connectivity index is 2.42. The number of nitrogens with two attached hydrogens (primary N) is 1. The Morgan fingerprint density at radius 2 is 2.06 bits per heavy atom. The van der Waals surface area contributed by atoms with Crippen LogP contribution in [0, 0.1) is 0 Å². The summed E-state index contributed by atoms with van der Waals surface area (Å²) in [6, 6.07) is 7.17. The maximum atomic E-state index is 11.3. The number of hydrogen-bond donors (Lipinski definition) is 2. The zero-order valence-electron chi connectivity index (χ0n) is 9.39. The molecular formula is C12H11ClN2O2S. The lowest BCUT2D eigenvalue weighted by atomic mass is 10.2. The molecule has 4 nitrogen and oxygen atoms in total. The molecule has 0 bridgehead atoms. The van der Waals surface area contributed by atoms with Gasteiger partial charge >= 0.3 is 0 Å². The number of amides is 1. The van der Waals surface area contributed by atoms with Gasteiger partial charge in [0.15, 0.2) is 0 Å². The molecule has 0 radical (unpaired) electrons. The largest absolute Gasteiger partial charge is 0.396 e. The topological polar surface area (TPSA) is 76.2 Å². The Morgan fingerprint density at radius 1 is 1.39 bits per heavy atom. The zero-order valence-corrected chi connectivity index (χ0v) is 11.0. The summed E-state index contributed by atoms with van der Waals surface area (Å²) >= 11 is 7.04. The minimum atomic E-state index is -0.517. The zero-order chi connectivity index (χ0) is 13.1. The molecule has 0 saturated heterocycles. The average molecular weight is 283 g/mol. The number of carbonyl (C=O) groups excluding carboxylic acids is 1. The SMILES string of the molecule is NC(=O)c1sc(-c2ccc(Cl)cc2)nc1CCO. The van der Waals surface area contributed by atoms with Gasteiger partial charge in [0.2, 0.25) is 0 Å². The van der Waals surface area contributed by atoms with E-state index in [-0.39, 0.29) is 6.61 Å². The predicted octanol–water partition coefficient (Wildman–Crippen LogP) is 2.10. The first-order valence-corrected chi connectivity index (χ1v) is 6.47. The van der Waals surface area contributed by atoms with Crippen LogP contribution in [0.25, 0.3) is 10.6 Å². The van der Waals surface area contributed by atoms with Crippen LogP contribution in [0.3, 0.4) is 0 Å². The highest BCUT2D eigenvalue weighted by atomic mass is 35.5. The summed E-state index contributed by atoms with van der Waals surface area (Å²) in [4.78, 5) is 16.0. The molecule has 2 rings (SSSR count). The fourth-order valence-corrected chi connectivity index (χ4v) is 2.63. The molecule has 2 aromatic rings. The fraction of sp³-hybridized carbons (Fsp3) is 0.167. The molecule has 0 fully saturated rings. The lowest BCUT2D eigenvalue weighted by Gasteiger charge is -1.95. The highest BCUT2D eigenvalue weighted by Gasteiger charge is 2.16. The summed E-state index contributed by atoms with van der Waals surface area (Å²) in [6.07, 6.45) is 0.322. The molecule has 6 heteroatoms. The summed E-state index contributed by atoms with van der Waals surface area (Å²) in [7, 11) is 0. The van der Waals surface area contributed by atoms with E-state index < -0.39 is 5.91 Å². The predicted molar refractivity (Wildman–Crippen MR) is 71.9 cm³/mol. The molecule has 0 spiro atoms. The van der Waals surface area contributed by atoms with Crippen molar-refractivity contribution >= 4 is 28.8 Å². The molecule has 1 heterocycles. The van der Waals surface area contributed by atoms with Gasteiger partial charge < -0.3 is 10.8 Å². The van der Waals surface area contributed by atoms with E-state index in [9.17, 15) is 4.79 Å². The van der Waals surface area contributed by atoms with Crippen molar-refractivity contribution in [2.75, 3.05) is 6.61 Å². The fourth-order valence-electron chi connectivity index (χ4n) is 1.54. The Hall–Kier alpha value is -1.43. The molecule has 3 N–H and O–H groups in total. The molecule has 0 aliphatic rings. The third kappa shape index (κ3) is 2.69. The van der Waals surface area contributed by atoms with E-state index in [1.807, 2.05) is 12.1 Å². The first-order valence-electron chi connectivity index (χ1n) is 5.28. The second-order valence-electron chi connectivity index (χ2n) is 3.64. The van der Waals surface area contributed by atoms with E-state index in [0.717, 1.165) is 5.56 Å². The molecule has 0 aliphatic heterocycles. The number of aromatic nitrogens is 1. The van der Waals surface area contributed by atoms with E-state index in [1.54, 1.807) is 12.1 Å². The summed E-state index contributed by atoms with van der Waals surface area (Å²) in [5, 5.41) is 10.3. The van der Waals surface area contributed by atoms with Crippen LogP contribution >= 0.6 is 22.9 Å². The number of aliphatic hydroxyl groups excluding tert-OH is 1. The molecule has 0 saturated carbocycles. The molecule has 1 amide bonds. The third-order valence-electron chi connectivity index (χ3n) is 2.36. The van der Waals surface area contributed by atoms with Gasteiger partial charge in [-0.15, -0.1) is 11.3 Å². The minimum absolute atomic E-state index is 0.0654. The highest BCUT2D eigenvalue weighted by Crippen LogP contribution is 2.29. The number of nitrogens with zero attached hydrogens (tertiary/aromatic N) is 1. The van der Waals surface area contributed by atoms with Gasteiger partial charge in [0.05, 0.1) is 5.69 Å².